The molecule has 0 heterocycles. The molecule has 7 nitrogen and oxygen atoms in total. The number of rotatable bonds is 6. The molecule has 1 rings (SSSR count). The number of non-ortho nitro benzene ring substituents is 1. The van der Waals surface area contributed by atoms with E-state index in [0.29, 0.717) is 0 Å². The smallest absolute Gasteiger partial charge is 0.329 e. The molecule has 0 bridgehead atoms. The van der Waals surface area contributed by atoms with E-state index < -0.39 is 16.4 Å². The van der Waals surface area contributed by atoms with Crippen LogP contribution in [0.1, 0.15) is 6.92 Å². The van der Waals surface area contributed by atoms with Crippen LogP contribution in [0.25, 0.3) is 0 Å². The lowest BCUT2D eigenvalue weighted by Gasteiger charge is -2.26. The molecule has 0 saturated carbocycles. The van der Waals surface area contributed by atoms with Gasteiger partial charge in [-0.3, -0.25) is 10.1 Å². The van der Waals surface area contributed by atoms with Crippen molar-refractivity contribution in [1.82, 2.24) is 5.32 Å². The Kier molecular flexibility index (Phi) is 5.77. The minimum absolute atomic E-state index is 0.0162. The number of carbonyl (C=O) groups excluding carboxylic acids is 1. The molecule has 21 heavy (non-hydrogen) atoms. The van der Waals surface area contributed by atoms with Crippen LogP contribution in [-0.2, 0) is 9.53 Å². The molecule has 116 valence electrons. The number of hydrogen-bond donors (Lipinski definition) is 1. The molecule has 0 amide bonds. The lowest BCUT2D eigenvalue weighted by Crippen LogP contribution is -2.52. The summed E-state index contributed by atoms with van der Waals surface area (Å²) in [6.45, 7) is 1.46. The molecule has 1 unspecified atom stereocenters. The van der Waals surface area contributed by atoms with Crippen LogP contribution in [0.5, 0.6) is 5.75 Å². The number of methoxy groups -OCH3 is 1. The SMILES string of the molecule is CNC(C)(COc1c(Cl)cc([N+](=O)[O-])cc1Cl)C(=O)OC. The van der Waals surface area contributed by atoms with E-state index in [2.05, 4.69) is 10.1 Å². The van der Waals surface area contributed by atoms with Gasteiger partial charge in [0.1, 0.15) is 12.1 Å². The normalized spacial score (nSPS) is 13.4. The summed E-state index contributed by atoms with van der Waals surface area (Å²) < 4.78 is 10.1. The summed E-state index contributed by atoms with van der Waals surface area (Å²) in [5.41, 5.74) is -1.36. The molecular formula is C12H14Cl2N2O5. The second kappa shape index (κ2) is 6.93. The standard InChI is InChI=1S/C12H14Cl2N2O5/c1-12(15-2,11(17)20-3)6-21-10-8(13)4-7(16(18)19)5-9(10)14/h4-5,15H,6H2,1-3H3. The van der Waals surface area contributed by atoms with Crippen molar-refractivity contribution in [2.75, 3.05) is 20.8 Å². The second-order valence-electron chi connectivity index (χ2n) is 4.36. The monoisotopic (exact) mass is 336 g/mol. The van der Waals surface area contributed by atoms with E-state index in [0.717, 1.165) is 12.1 Å². The summed E-state index contributed by atoms with van der Waals surface area (Å²) in [7, 11) is 2.82. The molecule has 0 saturated heterocycles. The average molecular weight is 337 g/mol. The first-order valence-corrected chi connectivity index (χ1v) is 6.54. The third-order valence-electron chi connectivity index (χ3n) is 2.89. The van der Waals surface area contributed by atoms with Crippen LogP contribution in [0.15, 0.2) is 12.1 Å². The van der Waals surface area contributed by atoms with Crippen LogP contribution in [0, 0.1) is 10.1 Å². The number of ether oxygens (including phenoxy) is 2. The van der Waals surface area contributed by atoms with Gasteiger partial charge in [-0.2, -0.15) is 0 Å². The van der Waals surface area contributed by atoms with E-state index in [4.69, 9.17) is 27.9 Å². The highest BCUT2D eigenvalue weighted by molar-refractivity contribution is 6.37. The first kappa shape index (κ1) is 17.5. The van der Waals surface area contributed by atoms with Crippen molar-refractivity contribution in [3.8, 4) is 5.75 Å². The Morgan fingerprint density at radius 2 is 1.95 bits per heavy atom. The molecule has 0 aliphatic rings. The van der Waals surface area contributed by atoms with E-state index in [1.807, 2.05) is 0 Å². The molecular weight excluding hydrogens is 323 g/mol. The first-order chi connectivity index (χ1) is 9.75. The minimum Gasteiger partial charge on any atom is -0.488 e. The summed E-state index contributed by atoms with van der Waals surface area (Å²) in [5, 5.41) is 13.4. The van der Waals surface area contributed by atoms with Gasteiger partial charge < -0.3 is 14.8 Å². The van der Waals surface area contributed by atoms with E-state index in [-0.39, 0.29) is 28.1 Å². The zero-order chi connectivity index (χ0) is 16.2. The van der Waals surface area contributed by atoms with Gasteiger partial charge in [-0.05, 0) is 14.0 Å². The molecule has 0 aromatic heterocycles. The van der Waals surface area contributed by atoms with Crippen LogP contribution in [-0.4, -0.2) is 37.2 Å². The number of benzene rings is 1. The molecule has 0 aliphatic heterocycles. The number of likely N-dealkylation sites (N-methyl/N-ethyl adjacent to an activating group) is 1. The number of nitro groups is 1. The van der Waals surface area contributed by atoms with Gasteiger partial charge in [0.2, 0.25) is 0 Å². The fourth-order valence-electron chi connectivity index (χ4n) is 1.46. The number of halogens is 2. The van der Waals surface area contributed by atoms with E-state index in [1.165, 1.54) is 7.11 Å². The molecule has 0 spiro atoms. The quantitative estimate of drug-likeness (QED) is 0.487. The predicted molar refractivity (Wildman–Crippen MR) is 78.1 cm³/mol. The van der Waals surface area contributed by atoms with Crippen molar-refractivity contribution >= 4 is 34.9 Å². The molecule has 1 atom stereocenters. The highest BCUT2D eigenvalue weighted by Gasteiger charge is 2.34. The zero-order valence-corrected chi connectivity index (χ0v) is 13.1. The van der Waals surface area contributed by atoms with Crippen LogP contribution >= 0.6 is 23.2 Å². The number of esters is 1. The van der Waals surface area contributed by atoms with Gasteiger partial charge in [0.25, 0.3) is 5.69 Å². The molecule has 9 heteroatoms. The lowest BCUT2D eigenvalue weighted by molar-refractivity contribution is -0.384. The van der Waals surface area contributed by atoms with Gasteiger partial charge >= 0.3 is 5.97 Å². The maximum atomic E-state index is 11.7. The number of hydrogen-bond acceptors (Lipinski definition) is 6. The van der Waals surface area contributed by atoms with Gasteiger partial charge in [0.15, 0.2) is 5.75 Å². The predicted octanol–water partition coefficient (Wildman–Crippen LogP) is 2.43. The molecule has 0 radical (unpaired) electrons. The number of nitrogens with one attached hydrogen (secondary N) is 1. The Bertz CT molecular complexity index is 544. The number of nitro benzene ring substituents is 1. The Morgan fingerprint density at radius 1 is 1.43 bits per heavy atom. The van der Waals surface area contributed by atoms with Crippen molar-refractivity contribution in [3.63, 3.8) is 0 Å². The molecule has 0 aliphatic carbocycles. The zero-order valence-electron chi connectivity index (χ0n) is 11.6. The van der Waals surface area contributed by atoms with Gasteiger partial charge in [0, 0.05) is 12.1 Å². The minimum atomic E-state index is -1.11. The van der Waals surface area contributed by atoms with E-state index in [1.54, 1.807) is 14.0 Å². The third kappa shape index (κ3) is 3.96. The second-order valence-corrected chi connectivity index (χ2v) is 5.17. The topological polar surface area (TPSA) is 90.7 Å². The molecule has 1 aromatic rings. The van der Waals surface area contributed by atoms with Gasteiger partial charge in [-0.1, -0.05) is 23.2 Å². The first-order valence-electron chi connectivity index (χ1n) is 5.78. The van der Waals surface area contributed by atoms with Crippen LogP contribution in [0.2, 0.25) is 10.0 Å². The van der Waals surface area contributed by atoms with Crippen molar-refractivity contribution in [2.45, 2.75) is 12.5 Å². The maximum Gasteiger partial charge on any atom is 0.329 e. The Morgan fingerprint density at radius 3 is 2.33 bits per heavy atom. The van der Waals surface area contributed by atoms with Crippen molar-refractivity contribution in [2.24, 2.45) is 0 Å². The average Bonchev–Trinajstić information content (AvgIpc) is 2.44. The Labute approximate surface area is 131 Å². The Balaban J connectivity index is 2.99. The summed E-state index contributed by atoms with van der Waals surface area (Å²) in [4.78, 5) is 21.7. The summed E-state index contributed by atoms with van der Waals surface area (Å²) in [6.07, 6.45) is 0. The van der Waals surface area contributed by atoms with Crippen LogP contribution in [0.3, 0.4) is 0 Å². The highest BCUT2D eigenvalue weighted by Crippen LogP contribution is 2.37. The van der Waals surface area contributed by atoms with Crippen molar-refractivity contribution < 1.29 is 19.2 Å². The highest BCUT2D eigenvalue weighted by atomic mass is 35.5. The maximum absolute atomic E-state index is 11.7. The summed E-state index contributed by atoms with van der Waals surface area (Å²) in [5.74, 6) is -0.464. The van der Waals surface area contributed by atoms with Gasteiger partial charge in [-0.15, -0.1) is 0 Å². The van der Waals surface area contributed by atoms with Crippen LogP contribution < -0.4 is 10.1 Å². The van der Waals surface area contributed by atoms with Crippen molar-refractivity contribution in [3.05, 3.63) is 32.3 Å². The molecule has 1 aromatic carbocycles. The fraction of sp³-hybridized carbons (Fsp3) is 0.417. The van der Waals surface area contributed by atoms with Gasteiger partial charge in [0.05, 0.1) is 22.1 Å². The summed E-state index contributed by atoms with van der Waals surface area (Å²) >= 11 is 11.8. The van der Waals surface area contributed by atoms with Crippen molar-refractivity contribution in [1.29, 1.82) is 0 Å². The van der Waals surface area contributed by atoms with Gasteiger partial charge in [-0.25, -0.2) is 4.79 Å². The van der Waals surface area contributed by atoms with E-state index in [9.17, 15) is 14.9 Å². The molecule has 0 fully saturated rings. The fourth-order valence-corrected chi connectivity index (χ4v) is 2.05. The number of carbonyl (C=O) groups is 1. The largest absolute Gasteiger partial charge is 0.488 e. The molecule has 1 N–H and O–H groups in total. The van der Waals surface area contributed by atoms with Crippen LogP contribution in [0.4, 0.5) is 5.69 Å². The van der Waals surface area contributed by atoms with E-state index >= 15 is 0 Å². The lowest BCUT2D eigenvalue weighted by atomic mass is 10.1. The summed E-state index contributed by atoms with van der Waals surface area (Å²) in [6, 6.07) is 2.25. The Hall–Kier alpha value is -1.57. The number of nitrogens with zero attached hydrogens (tertiary/aromatic N) is 1. The third-order valence-corrected chi connectivity index (χ3v) is 3.45.